The van der Waals surface area contributed by atoms with Gasteiger partial charge in [-0.25, -0.2) is 0 Å². The molecule has 0 radical (unpaired) electrons. The van der Waals surface area contributed by atoms with Crippen LogP contribution in [-0.4, -0.2) is 25.8 Å². The molecule has 1 aliphatic rings. The molecule has 2 atom stereocenters. The maximum Gasteiger partial charge on any atom is 0.0603 e. The third-order valence-corrected chi connectivity index (χ3v) is 4.00. The predicted molar refractivity (Wildman–Crippen MR) is 78.9 cm³/mol. The number of hydrogen-bond donors (Lipinski definition) is 1. The first kappa shape index (κ1) is 16.0. The quantitative estimate of drug-likeness (QED) is 0.629. The standard InChI is InChI=1S/C16H33NO/c1-4-15-9-5-6-10-16(15)18-12-8-7-11-17-13-14(2)3/h14-17H,4-13H2,1-3H3. The van der Waals surface area contributed by atoms with Crippen molar-refractivity contribution in [2.45, 2.75) is 71.8 Å². The van der Waals surface area contributed by atoms with E-state index in [4.69, 9.17) is 4.74 Å². The lowest BCUT2D eigenvalue weighted by Gasteiger charge is -2.30. The van der Waals surface area contributed by atoms with Crippen molar-refractivity contribution in [2.75, 3.05) is 19.7 Å². The number of ether oxygens (including phenoxy) is 1. The highest BCUT2D eigenvalue weighted by Crippen LogP contribution is 2.29. The summed E-state index contributed by atoms with van der Waals surface area (Å²) in [6.45, 7) is 10.1. The summed E-state index contributed by atoms with van der Waals surface area (Å²) < 4.78 is 6.09. The summed E-state index contributed by atoms with van der Waals surface area (Å²) in [6.07, 6.45) is 9.78. The van der Waals surface area contributed by atoms with E-state index in [9.17, 15) is 0 Å². The van der Waals surface area contributed by atoms with Crippen LogP contribution in [0.15, 0.2) is 0 Å². The van der Waals surface area contributed by atoms with Gasteiger partial charge in [-0.15, -0.1) is 0 Å². The van der Waals surface area contributed by atoms with E-state index < -0.39 is 0 Å². The zero-order valence-corrected chi connectivity index (χ0v) is 12.7. The summed E-state index contributed by atoms with van der Waals surface area (Å²) in [5.74, 6) is 1.59. The number of hydrogen-bond acceptors (Lipinski definition) is 2. The molecule has 0 bridgehead atoms. The third kappa shape index (κ3) is 6.75. The second-order valence-corrected chi connectivity index (χ2v) is 6.17. The van der Waals surface area contributed by atoms with Crippen molar-refractivity contribution in [1.29, 1.82) is 0 Å². The van der Waals surface area contributed by atoms with E-state index in [1.165, 1.54) is 44.9 Å². The van der Waals surface area contributed by atoms with Crippen LogP contribution in [0.25, 0.3) is 0 Å². The summed E-state index contributed by atoms with van der Waals surface area (Å²) in [4.78, 5) is 0. The maximum atomic E-state index is 6.09. The molecule has 0 aromatic heterocycles. The smallest absolute Gasteiger partial charge is 0.0603 e. The van der Waals surface area contributed by atoms with Crippen LogP contribution in [0.1, 0.15) is 65.7 Å². The first-order valence-electron chi connectivity index (χ1n) is 8.06. The number of unbranched alkanes of at least 4 members (excludes halogenated alkanes) is 1. The van der Waals surface area contributed by atoms with Crippen molar-refractivity contribution in [1.82, 2.24) is 5.32 Å². The zero-order chi connectivity index (χ0) is 13.2. The van der Waals surface area contributed by atoms with Crippen LogP contribution in [0.5, 0.6) is 0 Å². The predicted octanol–water partition coefficient (Wildman–Crippen LogP) is 4.00. The van der Waals surface area contributed by atoms with Gasteiger partial charge in [0.1, 0.15) is 0 Å². The summed E-state index contributed by atoms with van der Waals surface area (Å²) in [7, 11) is 0. The van der Waals surface area contributed by atoms with Gasteiger partial charge in [0.25, 0.3) is 0 Å². The van der Waals surface area contributed by atoms with Crippen LogP contribution >= 0.6 is 0 Å². The molecule has 1 N–H and O–H groups in total. The van der Waals surface area contributed by atoms with Gasteiger partial charge in [-0.1, -0.05) is 40.0 Å². The van der Waals surface area contributed by atoms with Crippen LogP contribution in [0.4, 0.5) is 0 Å². The van der Waals surface area contributed by atoms with Gasteiger partial charge in [0.05, 0.1) is 6.10 Å². The minimum atomic E-state index is 0.562. The Hall–Kier alpha value is -0.0800. The van der Waals surface area contributed by atoms with Gasteiger partial charge in [0.15, 0.2) is 0 Å². The molecule has 18 heavy (non-hydrogen) atoms. The van der Waals surface area contributed by atoms with Crippen molar-refractivity contribution in [3.63, 3.8) is 0 Å². The highest BCUT2D eigenvalue weighted by Gasteiger charge is 2.23. The van der Waals surface area contributed by atoms with Crippen LogP contribution in [0.2, 0.25) is 0 Å². The molecule has 0 aromatic carbocycles. The Morgan fingerprint density at radius 3 is 2.67 bits per heavy atom. The Labute approximate surface area is 114 Å². The van der Waals surface area contributed by atoms with Gasteiger partial charge in [-0.3, -0.25) is 0 Å². The Morgan fingerprint density at radius 2 is 1.94 bits per heavy atom. The van der Waals surface area contributed by atoms with Crippen molar-refractivity contribution in [3.05, 3.63) is 0 Å². The van der Waals surface area contributed by atoms with Crippen LogP contribution in [0.3, 0.4) is 0 Å². The van der Waals surface area contributed by atoms with Gasteiger partial charge in [0, 0.05) is 6.61 Å². The highest BCUT2D eigenvalue weighted by molar-refractivity contribution is 4.74. The Morgan fingerprint density at radius 1 is 1.17 bits per heavy atom. The fraction of sp³-hybridized carbons (Fsp3) is 1.00. The molecular formula is C16H33NO. The minimum absolute atomic E-state index is 0.562. The van der Waals surface area contributed by atoms with Gasteiger partial charge in [0.2, 0.25) is 0 Å². The Bertz CT molecular complexity index is 194. The van der Waals surface area contributed by atoms with Crippen LogP contribution < -0.4 is 5.32 Å². The molecule has 1 saturated carbocycles. The number of nitrogens with one attached hydrogen (secondary N) is 1. The molecule has 1 aliphatic carbocycles. The number of rotatable bonds is 9. The molecule has 108 valence electrons. The molecule has 0 spiro atoms. The summed E-state index contributed by atoms with van der Waals surface area (Å²) >= 11 is 0. The van der Waals surface area contributed by atoms with Gasteiger partial charge < -0.3 is 10.1 Å². The normalized spacial score (nSPS) is 24.7. The van der Waals surface area contributed by atoms with E-state index in [2.05, 4.69) is 26.1 Å². The zero-order valence-electron chi connectivity index (χ0n) is 12.7. The Balaban J connectivity index is 1.96. The molecule has 2 unspecified atom stereocenters. The summed E-state index contributed by atoms with van der Waals surface area (Å²) in [5, 5.41) is 3.49. The third-order valence-electron chi connectivity index (χ3n) is 4.00. The first-order chi connectivity index (χ1) is 8.74. The SMILES string of the molecule is CCC1CCCCC1OCCCCNCC(C)C. The van der Waals surface area contributed by atoms with Crippen molar-refractivity contribution >= 4 is 0 Å². The van der Waals surface area contributed by atoms with E-state index in [0.29, 0.717) is 6.10 Å². The lowest BCUT2D eigenvalue weighted by atomic mass is 9.85. The second-order valence-electron chi connectivity index (χ2n) is 6.17. The average Bonchev–Trinajstić information content (AvgIpc) is 2.37. The van der Waals surface area contributed by atoms with Gasteiger partial charge in [-0.2, -0.15) is 0 Å². The van der Waals surface area contributed by atoms with Gasteiger partial charge in [-0.05, 0) is 50.6 Å². The molecule has 0 saturated heterocycles. The van der Waals surface area contributed by atoms with Crippen LogP contribution in [0, 0.1) is 11.8 Å². The van der Waals surface area contributed by atoms with E-state index >= 15 is 0 Å². The van der Waals surface area contributed by atoms with Crippen molar-refractivity contribution < 1.29 is 4.74 Å². The molecule has 0 aliphatic heterocycles. The van der Waals surface area contributed by atoms with E-state index in [1.54, 1.807) is 0 Å². The average molecular weight is 255 g/mol. The van der Waals surface area contributed by atoms with E-state index in [1.807, 2.05) is 0 Å². The summed E-state index contributed by atoms with van der Waals surface area (Å²) in [5.41, 5.74) is 0. The summed E-state index contributed by atoms with van der Waals surface area (Å²) in [6, 6.07) is 0. The molecule has 1 rings (SSSR count). The Kier molecular flexibility index (Phi) is 8.70. The van der Waals surface area contributed by atoms with E-state index in [-0.39, 0.29) is 0 Å². The lowest BCUT2D eigenvalue weighted by molar-refractivity contribution is -0.0133. The molecular weight excluding hydrogens is 222 g/mol. The first-order valence-corrected chi connectivity index (χ1v) is 8.06. The molecule has 0 amide bonds. The second kappa shape index (κ2) is 9.80. The molecule has 2 nitrogen and oxygen atoms in total. The molecule has 2 heteroatoms. The maximum absolute atomic E-state index is 6.09. The fourth-order valence-corrected chi connectivity index (χ4v) is 2.84. The highest BCUT2D eigenvalue weighted by atomic mass is 16.5. The fourth-order valence-electron chi connectivity index (χ4n) is 2.84. The van der Waals surface area contributed by atoms with Crippen molar-refractivity contribution in [3.8, 4) is 0 Å². The largest absolute Gasteiger partial charge is 0.378 e. The van der Waals surface area contributed by atoms with Gasteiger partial charge >= 0.3 is 0 Å². The molecule has 0 heterocycles. The lowest BCUT2D eigenvalue weighted by Crippen LogP contribution is -2.28. The minimum Gasteiger partial charge on any atom is -0.378 e. The monoisotopic (exact) mass is 255 g/mol. The van der Waals surface area contributed by atoms with E-state index in [0.717, 1.165) is 31.5 Å². The van der Waals surface area contributed by atoms with Crippen LogP contribution in [-0.2, 0) is 4.74 Å². The molecule has 1 fully saturated rings. The molecule has 0 aromatic rings. The van der Waals surface area contributed by atoms with Crippen molar-refractivity contribution in [2.24, 2.45) is 11.8 Å². The topological polar surface area (TPSA) is 21.3 Å².